The third-order valence-electron chi connectivity index (χ3n) is 3.79. The van der Waals surface area contributed by atoms with E-state index in [0.717, 1.165) is 24.2 Å². The molecule has 19 heavy (non-hydrogen) atoms. The lowest BCUT2D eigenvalue weighted by Gasteiger charge is -2.36. The molecule has 0 radical (unpaired) electrons. The first kappa shape index (κ1) is 13.9. The molecule has 0 fully saturated rings. The van der Waals surface area contributed by atoms with Gasteiger partial charge in [0.15, 0.2) is 0 Å². The number of hydrogen-bond acceptors (Lipinski definition) is 2. The maximum atomic E-state index is 11.0. The Hall–Kier alpha value is -1.51. The van der Waals surface area contributed by atoms with Crippen molar-refractivity contribution < 1.29 is 14.6 Å². The molecular weight excluding hydrogens is 240 g/mol. The van der Waals surface area contributed by atoms with Gasteiger partial charge in [-0.1, -0.05) is 32.0 Å². The summed E-state index contributed by atoms with van der Waals surface area (Å²) in [7, 11) is 0. The van der Waals surface area contributed by atoms with Gasteiger partial charge in [0.1, 0.15) is 11.4 Å². The van der Waals surface area contributed by atoms with E-state index in [4.69, 9.17) is 9.84 Å². The predicted molar refractivity (Wildman–Crippen MR) is 74.7 cm³/mol. The smallest absolute Gasteiger partial charge is 0.304 e. The molecule has 0 saturated carbocycles. The van der Waals surface area contributed by atoms with Crippen LogP contribution in [0.4, 0.5) is 0 Å². The first-order chi connectivity index (χ1) is 8.71. The van der Waals surface area contributed by atoms with Crippen LogP contribution in [0.5, 0.6) is 5.75 Å². The highest BCUT2D eigenvalue weighted by Crippen LogP contribution is 2.42. The standard InChI is InChI=1S/C16H22O3/c1-15(2,10-13(17)18)12-7-5-6-11-8-9-16(3,4)19-14(11)12/h5-7H,8-10H2,1-4H3,(H,17,18). The number of ether oxygens (including phenoxy) is 1. The monoisotopic (exact) mass is 262 g/mol. The van der Waals surface area contributed by atoms with Crippen LogP contribution in [0.25, 0.3) is 0 Å². The van der Waals surface area contributed by atoms with Crippen molar-refractivity contribution in [1.82, 2.24) is 0 Å². The molecule has 0 aromatic heterocycles. The van der Waals surface area contributed by atoms with E-state index in [1.54, 1.807) is 0 Å². The molecule has 0 amide bonds. The molecule has 2 rings (SSSR count). The number of aliphatic carboxylic acids is 1. The third kappa shape index (κ3) is 2.91. The molecule has 1 aromatic carbocycles. The highest BCUT2D eigenvalue weighted by molar-refractivity contribution is 5.69. The molecule has 0 saturated heterocycles. The van der Waals surface area contributed by atoms with Gasteiger partial charge in [0.05, 0.1) is 6.42 Å². The molecule has 3 nitrogen and oxygen atoms in total. The summed E-state index contributed by atoms with van der Waals surface area (Å²) in [4.78, 5) is 11.0. The second kappa shape index (κ2) is 4.55. The number of benzene rings is 1. The lowest BCUT2D eigenvalue weighted by Crippen LogP contribution is -2.34. The molecule has 0 spiro atoms. The topological polar surface area (TPSA) is 46.5 Å². The minimum atomic E-state index is -0.780. The van der Waals surface area contributed by atoms with Gasteiger partial charge in [0.2, 0.25) is 0 Å². The van der Waals surface area contributed by atoms with E-state index in [2.05, 4.69) is 19.9 Å². The van der Waals surface area contributed by atoms with E-state index in [0.29, 0.717) is 0 Å². The van der Waals surface area contributed by atoms with Crippen LogP contribution in [0.2, 0.25) is 0 Å². The Morgan fingerprint density at radius 1 is 1.42 bits per heavy atom. The number of para-hydroxylation sites is 1. The van der Waals surface area contributed by atoms with Crippen LogP contribution in [0, 0.1) is 0 Å². The SMILES string of the molecule is CC1(C)CCc2cccc(C(C)(C)CC(=O)O)c2O1. The first-order valence-electron chi connectivity index (χ1n) is 6.74. The van der Waals surface area contributed by atoms with Gasteiger partial charge in [-0.15, -0.1) is 0 Å². The van der Waals surface area contributed by atoms with E-state index < -0.39 is 11.4 Å². The molecule has 1 heterocycles. The fourth-order valence-electron chi connectivity index (χ4n) is 2.67. The van der Waals surface area contributed by atoms with Crippen LogP contribution in [0.15, 0.2) is 18.2 Å². The average Bonchev–Trinajstić information content (AvgIpc) is 2.25. The quantitative estimate of drug-likeness (QED) is 0.906. The summed E-state index contributed by atoms with van der Waals surface area (Å²) in [5.74, 6) is 0.114. The average molecular weight is 262 g/mol. The van der Waals surface area contributed by atoms with Gasteiger partial charge in [-0.05, 0) is 32.3 Å². The van der Waals surface area contributed by atoms with Crippen LogP contribution in [-0.4, -0.2) is 16.7 Å². The largest absolute Gasteiger partial charge is 0.487 e. The molecule has 1 aromatic rings. The van der Waals surface area contributed by atoms with Crippen molar-refractivity contribution >= 4 is 5.97 Å². The molecule has 1 aliphatic heterocycles. The Kier molecular flexibility index (Phi) is 3.33. The van der Waals surface area contributed by atoms with Gasteiger partial charge < -0.3 is 9.84 Å². The molecule has 0 atom stereocenters. The second-order valence-electron chi connectivity index (χ2n) is 6.61. The molecule has 1 N–H and O–H groups in total. The van der Waals surface area contributed by atoms with E-state index in [1.807, 2.05) is 26.0 Å². The number of carboxylic acid groups (broad SMARTS) is 1. The zero-order valence-corrected chi connectivity index (χ0v) is 12.1. The normalized spacial score (nSPS) is 17.5. The fourth-order valence-corrected chi connectivity index (χ4v) is 2.67. The molecule has 0 bridgehead atoms. The van der Waals surface area contributed by atoms with Crippen molar-refractivity contribution in [2.24, 2.45) is 0 Å². The first-order valence-corrected chi connectivity index (χ1v) is 6.74. The molecule has 0 aliphatic carbocycles. The van der Waals surface area contributed by atoms with Gasteiger partial charge in [0, 0.05) is 11.0 Å². The fraction of sp³-hybridized carbons (Fsp3) is 0.562. The molecule has 104 valence electrons. The number of aryl methyl sites for hydroxylation is 1. The maximum absolute atomic E-state index is 11.0. The van der Waals surface area contributed by atoms with Crippen LogP contribution in [0.1, 0.15) is 51.7 Å². The highest BCUT2D eigenvalue weighted by Gasteiger charge is 2.33. The van der Waals surface area contributed by atoms with Crippen molar-refractivity contribution in [1.29, 1.82) is 0 Å². The lowest BCUT2D eigenvalue weighted by atomic mass is 9.79. The Balaban J connectivity index is 2.45. The number of rotatable bonds is 3. The maximum Gasteiger partial charge on any atom is 0.304 e. The van der Waals surface area contributed by atoms with Gasteiger partial charge in [-0.25, -0.2) is 0 Å². The predicted octanol–water partition coefficient (Wildman–Crippen LogP) is 3.54. The zero-order valence-electron chi connectivity index (χ0n) is 12.1. The van der Waals surface area contributed by atoms with E-state index in [9.17, 15) is 4.79 Å². The van der Waals surface area contributed by atoms with Crippen molar-refractivity contribution in [2.75, 3.05) is 0 Å². The van der Waals surface area contributed by atoms with Gasteiger partial charge in [-0.2, -0.15) is 0 Å². The van der Waals surface area contributed by atoms with Gasteiger partial charge in [0.25, 0.3) is 0 Å². The molecule has 0 unspecified atom stereocenters. The lowest BCUT2D eigenvalue weighted by molar-refractivity contribution is -0.138. The summed E-state index contributed by atoms with van der Waals surface area (Å²) in [6, 6.07) is 6.06. The number of carbonyl (C=O) groups is 1. The second-order valence-corrected chi connectivity index (χ2v) is 6.61. The number of carboxylic acids is 1. The third-order valence-corrected chi connectivity index (χ3v) is 3.79. The summed E-state index contributed by atoms with van der Waals surface area (Å²) in [5, 5.41) is 9.08. The van der Waals surface area contributed by atoms with Crippen molar-refractivity contribution in [3.8, 4) is 5.75 Å². The minimum absolute atomic E-state index is 0.104. The summed E-state index contributed by atoms with van der Waals surface area (Å²) in [5.41, 5.74) is 1.59. The Bertz CT molecular complexity index is 501. The van der Waals surface area contributed by atoms with Crippen LogP contribution >= 0.6 is 0 Å². The number of fused-ring (bicyclic) bond motifs is 1. The minimum Gasteiger partial charge on any atom is -0.487 e. The van der Waals surface area contributed by atoms with E-state index >= 15 is 0 Å². The highest BCUT2D eigenvalue weighted by atomic mass is 16.5. The zero-order chi connectivity index (χ0) is 14.3. The Labute approximate surface area is 114 Å². The van der Waals surface area contributed by atoms with Gasteiger partial charge in [-0.3, -0.25) is 4.79 Å². The summed E-state index contributed by atoms with van der Waals surface area (Å²) >= 11 is 0. The van der Waals surface area contributed by atoms with Crippen LogP contribution in [-0.2, 0) is 16.6 Å². The molecular formula is C16H22O3. The van der Waals surface area contributed by atoms with E-state index in [1.165, 1.54) is 5.56 Å². The van der Waals surface area contributed by atoms with E-state index in [-0.39, 0.29) is 12.0 Å². The van der Waals surface area contributed by atoms with Crippen molar-refractivity contribution in [3.05, 3.63) is 29.3 Å². The molecule has 1 aliphatic rings. The molecule has 3 heteroatoms. The Morgan fingerprint density at radius 2 is 2.11 bits per heavy atom. The van der Waals surface area contributed by atoms with Crippen molar-refractivity contribution in [2.45, 2.75) is 58.0 Å². The number of hydrogen-bond donors (Lipinski definition) is 1. The summed E-state index contributed by atoms with van der Waals surface area (Å²) in [6.45, 7) is 8.08. The summed E-state index contributed by atoms with van der Waals surface area (Å²) < 4.78 is 6.13. The summed E-state index contributed by atoms with van der Waals surface area (Å²) in [6.07, 6.45) is 2.08. The Morgan fingerprint density at radius 3 is 2.74 bits per heavy atom. The van der Waals surface area contributed by atoms with Crippen LogP contribution in [0.3, 0.4) is 0 Å². The van der Waals surface area contributed by atoms with Gasteiger partial charge >= 0.3 is 5.97 Å². The van der Waals surface area contributed by atoms with Crippen LogP contribution < -0.4 is 4.74 Å². The van der Waals surface area contributed by atoms with Crippen molar-refractivity contribution in [3.63, 3.8) is 0 Å².